The molecule has 108 valence electrons. The van der Waals surface area contributed by atoms with Gasteiger partial charge in [-0.05, 0) is 30.2 Å². The molecule has 21 heavy (non-hydrogen) atoms. The Balaban J connectivity index is 1.97. The molecule has 4 heteroatoms. The molecule has 2 N–H and O–H groups in total. The van der Waals surface area contributed by atoms with E-state index in [1.54, 1.807) is 12.5 Å². The standard InChI is InChI=1S/C17H19N3O/c1-2-20(12-14-6-4-3-5-13(14)11-18)17-15-8-10-21-16(15)7-9-19-17/h3-10H,2,11-12,18H2,1H3. The number of rotatable bonds is 5. The van der Waals surface area contributed by atoms with Gasteiger partial charge in [0.05, 0.1) is 11.6 Å². The zero-order chi connectivity index (χ0) is 14.7. The van der Waals surface area contributed by atoms with Crippen molar-refractivity contribution in [3.05, 3.63) is 60.0 Å². The number of fused-ring (bicyclic) bond motifs is 1. The SMILES string of the molecule is CCN(Cc1ccccc1CN)c1nccc2occc12. The van der Waals surface area contributed by atoms with Crippen molar-refractivity contribution in [2.45, 2.75) is 20.0 Å². The van der Waals surface area contributed by atoms with Crippen LogP contribution in [0.15, 0.2) is 53.3 Å². The molecule has 0 amide bonds. The van der Waals surface area contributed by atoms with Crippen molar-refractivity contribution in [3.8, 4) is 0 Å². The minimum Gasteiger partial charge on any atom is -0.464 e. The highest BCUT2D eigenvalue weighted by Crippen LogP contribution is 2.26. The van der Waals surface area contributed by atoms with E-state index in [0.29, 0.717) is 6.54 Å². The first-order chi connectivity index (χ1) is 10.3. The maximum absolute atomic E-state index is 5.83. The van der Waals surface area contributed by atoms with Gasteiger partial charge in [-0.2, -0.15) is 0 Å². The van der Waals surface area contributed by atoms with E-state index in [0.717, 1.165) is 29.9 Å². The van der Waals surface area contributed by atoms with Crippen LogP contribution in [0.3, 0.4) is 0 Å². The molecule has 0 aliphatic rings. The van der Waals surface area contributed by atoms with Crippen molar-refractivity contribution in [2.75, 3.05) is 11.4 Å². The Morgan fingerprint density at radius 1 is 1.14 bits per heavy atom. The van der Waals surface area contributed by atoms with E-state index in [2.05, 4.69) is 28.9 Å². The fourth-order valence-corrected chi connectivity index (χ4v) is 2.58. The zero-order valence-electron chi connectivity index (χ0n) is 12.1. The van der Waals surface area contributed by atoms with Crippen LogP contribution in [0.25, 0.3) is 11.0 Å². The first-order valence-corrected chi connectivity index (χ1v) is 7.17. The molecule has 0 bridgehead atoms. The third-order valence-corrected chi connectivity index (χ3v) is 3.74. The first kappa shape index (κ1) is 13.6. The number of hydrogen-bond acceptors (Lipinski definition) is 4. The smallest absolute Gasteiger partial charge is 0.139 e. The molecule has 3 rings (SSSR count). The summed E-state index contributed by atoms with van der Waals surface area (Å²) < 4.78 is 5.46. The molecule has 3 aromatic rings. The molecule has 0 fully saturated rings. The average Bonchev–Trinajstić information content (AvgIpc) is 3.01. The average molecular weight is 281 g/mol. The third-order valence-electron chi connectivity index (χ3n) is 3.74. The van der Waals surface area contributed by atoms with Crippen molar-refractivity contribution >= 4 is 16.8 Å². The fourth-order valence-electron chi connectivity index (χ4n) is 2.58. The number of anilines is 1. The van der Waals surface area contributed by atoms with Crippen LogP contribution in [0.4, 0.5) is 5.82 Å². The van der Waals surface area contributed by atoms with Crippen molar-refractivity contribution in [3.63, 3.8) is 0 Å². The molecule has 0 spiro atoms. The fraction of sp³-hybridized carbons (Fsp3) is 0.235. The highest BCUT2D eigenvalue weighted by atomic mass is 16.3. The van der Waals surface area contributed by atoms with Crippen LogP contribution in [0.2, 0.25) is 0 Å². The Morgan fingerprint density at radius 3 is 2.71 bits per heavy atom. The molecule has 0 aliphatic heterocycles. The van der Waals surface area contributed by atoms with Crippen LogP contribution >= 0.6 is 0 Å². The van der Waals surface area contributed by atoms with E-state index in [1.807, 2.05) is 24.3 Å². The lowest BCUT2D eigenvalue weighted by Crippen LogP contribution is -2.24. The molecule has 0 atom stereocenters. The van der Waals surface area contributed by atoms with Crippen molar-refractivity contribution in [2.24, 2.45) is 5.73 Å². The summed E-state index contributed by atoms with van der Waals surface area (Å²) in [6.45, 7) is 4.35. The monoisotopic (exact) mass is 281 g/mol. The van der Waals surface area contributed by atoms with Gasteiger partial charge in [0.25, 0.3) is 0 Å². The molecular weight excluding hydrogens is 262 g/mol. The lowest BCUT2D eigenvalue weighted by molar-refractivity contribution is 0.615. The van der Waals surface area contributed by atoms with Crippen LogP contribution in [0.1, 0.15) is 18.1 Å². The lowest BCUT2D eigenvalue weighted by atomic mass is 10.1. The van der Waals surface area contributed by atoms with Gasteiger partial charge in [0.1, 0.15) is 11.4 Å². The van der Waals surface area contributed by atoms with Crippen molar-refractivity contribution < 1.29 is 4.42 Å². The predicted octanol–water partition coefficient (Wildman–Crippen LogP) is 3.31. The molecule has 0 saturated carbocycles. The molecular formula is C17H19N3O. The van der Waals surface area contributed by atoms with Gasteiger partial charge in [-0.3, -0.25) is 0 Å². The van der Waals surface area contributed by atoms with Gasteiger partial charge >= 0.3 is 0 Å². The number of nitrogens with zero attached hydrogens (tertiary/aromatic N) is 2. The predicted molar refractivity (Wildman–Crippen MR) is 85.1 cm³/mol. The lowest BCUT2D eigenvalue weighted by Gasteiger charge is -2.23. The maximum Gasteiger partial charge on any atom is 0.139 e. The quantitative estimate of drug-likeness (QED) is 0.779. The van der Waals surface area contributed by atoms with Crippen LogP contribution < -0.4 is 10.6 Å². The Bertz CT molecular complexity index is 735. The number of furan rings is 1. The summed E-state index contributed by atoms with van der Waals surface area (Å²) in [4.78, 5) is 6.78. The van der Waals surface area contributed by atoms with E-state index in [-0.39, 0.29) is 0 Å². The minimum atomic E-state index is 0.553. The van der Waals surface area contributed by atoms with Crippen molar-refractivity contribution in [1.82, 2.24) is 4.98 Å². The van der Waals surface area contributed by atoms with Gasteiger partial charge in [-0.15, -0.1) is 0 Å². The van der Waals surface area contributed by atoms with Gasteiger partial charge in [0.15, 0.2) is 0 Å². The summed E-state index contributed by atoms with van der Waals surface area (Å²) >= 11 is 0. The second kappa shape index (κ2) is 5.97. The number of benzene rings is 1. The summed E-state index contributed by atoms with van der Waals surface area (Å²) in [5.41, 5.74) is 9.11. The Labute approximate surface area is 124 Å². The van der Waals surface area contributed by atoms with E-state index < -0.39 is 0 Å². The van der Waals surface area contributed by atoms with Crippen molar-refractivity contribution in [1.29, 1.82) is 0 Å². The summed E-state index contributed by atoms with van der Waals surface area (Å²) in [5.74, 6) is 0.954. The summed E-state index contributed by atoms with van der Waals surface area (Å²) in [6.07, 6.45) is 3.50. The number of hydrogen-bond donors (Lipinski definition) is 1. The normalized spacial score (nSPS) is 11.0. The molecule has 0 aliphatic carbocycles. The van der Waals surface area contributed by atoms with Gasteiger partial charge in [-0.25, -0.2) is 4.98 Å². The molecule has 2 aromatic heterocycles. The molecule has 4 nitrogen and oxygen atoms in total. The highest BCUT2D eigenvalue weighted by molar-refractivity contribution is 5.88. The van der Waals surface area contributed by atoms with Crippen LogP contribution in [-0.2, 0) is 13.1 Å². The summed E-state index contributed by atoms with van der Waals surface area (Å²) in [7, 11) is 0. The number of pyridine rings is 1. The summed E-state index contributed by atoms with van der Waals surface area (Å²) in [5, 5.41) is 1.05. The van der Waals surface area contributed by atoms with E-state index >= 15 is 0 Å². The van der Waals surface area contributed by atoms with Crippen LogP contribution in [0, 0.1) is 0 Å². The van der Waals surface area contributed by atoms with Crippen LogP contribution in [-0.4, -0.2) is 11.5 Å². The van der Waals surface area contributed by atoms with Gasteiger partial charge in [-0.1, -0.05) is 24.3 Å². The molecule has 0 unspecified atom stereocenters. The third kappa shape index (κ3) is 2.62. The molecule has 2 heterocycles. The zero-order valence-corrected chi connectivity index (χ0v) is 12.1. The maximum atomic E-state index is 5.83. The van der Waals surface area contributed by atoms with E-state index in [9.17, 15) is 0 Å². The largest absolute Gasteiger partial charge is 0.464 e. The summed E-state index contributed by atoms with van der Waals surface area (Å²) in [6, 6.07) is 12.1. The number of nitrogens with two attached hydrogens (primary N) is 1. The minimum absolute atomic E-state index is 0.553. The van der Waals surface area contributed by atoms with Gasteiger partial charge in [0.2, 0.25) is 0 Å². The molecule has 1 aromatic carbocycles. The van der Waals surface area contributed by atoms with Gasteiger partial charge in [0, 0.05) is 25.8 Å². The van der Waals surface area contributed by atoms with E-state index in [1.165, 1.54) is 11.1 Å². The Morgan fingerprint density at radius 2 is 1.95 bits per heavy atom. The number of aromatic nitrogens is 1. The second-order valence-corrected chi connectivity index (χ2v) is 4.95. The van der Waals surface area contributed by atoms with E-state index in [4.69, 9.17) is 10.2 Å². The van der Waals surface area contributed by atoms with Gasteiger partial charge < -0.3 is 15.1 Å². The van der Waals surface area contributed by atoms with Crippen LogP contribution in [0.5, 0.6) is 0 Å². The molecule has 0 saturated heterocycles. The topological polar surface area (TPSA) is 55.3 Å². The highest BCUT2D eigenvalue weighted by Gasteiger charge is 2.13. The second-order valence-electron chi connectivity index (χ2n) is 4.95. The Kier molecular flexibility index (Phi) is 3.88. The molecule has 0 radical (unpaired) electrons. The first-order valence-electron chi connectivity index (χ1n) is 7.17. The Hall–Kier alpha value is -2.33.